The highest BCUT2D eigenvalue weighted by Gasteiger charge is 2.40. The SMILES string of the molecule is Cl.Cn1cc([C@H]2CNC[C@@H]2C(=O)N2CCCC2c2ccc3c(c2)OCO3)cn1. The van der Waals surface area contributed by atoms with E-state index in [1.165, 1.54) is 0 Å². The zero-order valence-electron chi connectivity index (χ0n) is 15.8. The van der Waals surface area contributed by atoms with Gasteiger partial charge in [0, 0.05) is 38.8 Å². The Kier molecular flexibility index (Phi) is 5.21. The summed E-state index contributed by atoms with van der Waals surface area (Å²) in [5, 5.41) is 7.69. The highest BCUT2D eigenvalue weighted by atomic mass is 35.5. The molecular weight excluding hydrogens is 380 g/mol. The minimum absolute atomic E-state index is 0. The fourth-order valence-electron chi connectivity index (χ4n) is 4.63. The maximum Gasteiger partial charge on any atom is 0.231 e. The Morgan fingerprint density at radius 2 is 2.07 bits per heavy atom. The minimum Gasteiger partial charge on any atom is -0.454 e. The molecule has 2 saturated heterocycles. The van der Waals surface area contributed by atoms with Crippen molar-refractivity contribution in [1.82, 2.24) is 20.0 Å². The van der Waals surface area contributed by atoms with Gasteiger partial charge in [-0.05, 0) is 36.1 Å². The summed E-state index contributed by atoms with van der Waals surface area (Å²) < 4.78 is 12.8. The van der Waals surface area contributed by atoms with Crippen molar-refractivity contribution in [1.29, 1.82) is 0 Å². The molecular formula is C20H25ClN4O3. The Bertz CT molecular complexity index is 871. The van der Waals surface area contributed by atoms with Gasteiger partial charge < -0.3 is 19.7 Å². The molecule has 1 N–H and O–H groups in total. The number of amides is 1. The summed E-state index contributed by atoms with van der Waals surface area (Å²) in [6, 6.07) is 6.16. The number of aryl methyl sites for hydroxylation is 1. The summed E-state index contributed by atoms with van der Waals surface area (Å²) in [5.74, 6) is 1.95. The predicted molar refractivity (Wildman–Crippen MR) is 106 cm³/mol. The lowest BCUT2D eigenvalue weighted by Gasteiger charge is -2.29. The molecule has 1 aromatic heterocycles. The van der Waals surface area contributed by atoms with Gasteiger partial charge in [-0.15, -0.1) is 12.4 Å². The van der Waals surface area contributed by atoms with Crippen molar-refractivity contribution in [3.8, 4) is 11.5 Å². The Labute approximate surface area is 170 Å². The van der Waals surface area contributed by atoms with Gasteiger partial charge in [-0.25, -0.2) is 0 Å². The van der Waals surface area contributed by atoms with Crippen LogP contribution in [-0.4, -0.2) is 47.0 Å². The Hall–Kier alpha value is -2.25. The van der Waals surface area contributed by atoms with Crippen LogP contribution < -0.4 is 14.8 Å². The van der Waals surface area contributed by atoms with Gasteiger partial charge in [0.1, 0.15) is 0 Å². The molecule has 3 aliphatic heterocycles. The maximum atomic E-state index is 13.5. The quantitative estimate of drug-likeness (QED) is 0.849. The van der Waals surface area contributed by atoms with Gasteiger partial charge in [0.25, 0.3) is 0 Å². The fraction of sp³-hybridized carbons (Fsp3) is 0.500. The smallest absolute Gasteiger partial charge is 0.231 e. The van der Waals surface area contributed by atoms with E-state index in [4.69, 9.17) is 9.47 Å². The topological polar surface area (TPSA) is 68.6 Å². The standard InChI is InChI=1S/C20H24N4O3.ClH/c1-23-11-14(8-22-23)15-9-21-10-16(15)20(25)24-6-2-3-17(24)13-4-5-18-19(7-13)27-12-26-18;/h4-5,7-8,11,15-17,21H,2-3,6,9-10,12H2,1H3;1H/t15-,16+,17?;/m1./s1. The van der Waals surface area contributed by atoms with E-state index >= 15 is 0 Å². The van der Waals surface area contributed by atoms with Gasteiger partial charge in [-0.3, -0.25) is 9.48 Å². The van der Waals surface area contributed by atoms with Crippen LogP contribution in [0.2, 0.25) is 0 Å². The van der Waals surface area contributed by atoms with Gasteiger partial charge in [-0.2, -0.15) is 5.10 Å². The van der Waals surface area contributed by atoms with Crippen molar-refractivity contribution >= 4 is 18.3 Å². The van der Waals surface area contributed by atoms with Gasteiger partial charge in [0.2, 0.25) is 12.7 Å². The monoisotopic (exact) mass is 404 g/mol. The number of carbonyl (C=O) groups excluding carboxylic acids is 1. The Morgan fingerprint density at radius 1 is 1.21 bits per heavy atom. The van der Waals surface area contributed by atoms with Crippen LogP contribution in [0.5, 0.6) is 11.5 Å². The first-order valence-electron chi connectivity index (χ1n) is 9.60. The van der Waals surface area contributed by atoms with Crippen LogP contribution in [0, 0.1) is 5.92 Å². The van der Waals surface area contributed by atoms with Gasteiger partial charge in [-0.1, -0.05) is 6.07 Å². The molecule has 0 aliphatic carbocycles. The molecule has 5 rings (SSSR count). The van der Waals surface area contributed by atoms with Crippen molar-refractivity contribution in [3.63, 3.8) is 0 Å². The first-order chi connectivity index (χ1) is 13.2. The molecule has 7 nitrogen and oxygen atoms in total. The number of likely N-dealkylation sites (tertiary alicyclic amines) is 1. The van der Waals surface area contributed by atoms with E-state index in [2.05, 4.69) is 21.4 Å². The molecule has 1 aromatic carbocycles. The second-order valence-corrected chi connectivity index (χ2v) is 7.62. The number of aromatic nitrogens is 2. The predicted octanol–water partition coefficient (Wildman–Crippen LogP) is 2.24. The van der Waals surface area contributed by atoms with Gasteiger partial charge >= 0.3 is 0 Å². The Balaban J connectivity index is 0.00000192. The Morgan fingerprint density at radius 3 is 2.89 bits per heavy atom. The summed E-state index contributed by atoms with van der Waals surface area (Å²) >= 11 is 0. The van der Waals surface area contributed by atoms with Crippen molar-refractivity contribution in [3.05, 3.63) is 41.7 Å². The van der Waals surface area contributed by atoms with E-state index < -0.39 is 0 Å². The molecule has 3 aliphatic rings. The van der Waals surface area contributed by atoms with Crippen molar-refractivity contribution in [2.24, 2.45) is 13.0 Å². The molecule has 1 unspecified atom stereocenters. The summed E-state index contributed by atoms with van der Waals surface area (Å²) in [7, 11) is 1.92. The molecule has 1 amide bonds. The number of ether oxygens (including phenoxy) is 2. The van der Waals surface area contributed by atoms with Crippen molar-refractivity contribution in [2.75, 3.05) is 26.4 Å². The molecule has 8 heteroatoms. The van der Waals surface area contributed by atoms with Crippen LogP contribution in [0.3, 0.4) is 0 Å². The molecule has 2 aromatic rings. The van der Waals surface area contributed by atoms with Crippen molar-refractivity contribution < 1.29 is 14.3 Å². The van der Waals surface area contributed by atoms with E-state index in [9.17, 15) is 4.79 Å². The summed E-state index contributed by atoms with van der Waals surface area (Å²) in [6.07, 6.45) is 5.93. The lowest BCUT2D eigenvalue weighted by molar-refractivity contribution is -0.136. The number of nitrogens with one attached hydrogen (secondary N) is 1. The largest absolute Gasteiger partial charge is 0.454 e. The molecule has 0 bridgehead atoms. The average molecular weight is 405 g/mol. The fourth-order valence-corrected chi connectivity index (χ4v) is 4.63. The molecule has 150 valence electrons. The molecule has 0 radical (unpaired) electrons. The highest BCUT2D eigenvalue weighted by molar-refractivity contribution is 5.85. The lowest BCUT2D eigenvalue weighted by atomic mass is 9.89. The van der Waals surface area contributed by atoms with Crippen LogP contribution in [0.25, 0.3) is 0 Å². The van der Waals surface area contributed by atoms with Crippen LogP contribution in [0.1, 0.15) is 35.9 Å². The first kappa shape index (κ1) is 19.1. The van der Waals surface area contributed by atoms with E-state index in [1.54, 1.807) is 4.68 Å². The molecule has 4 heterocycles. The van der Waals surface area contributed by atoms with E-state index in [1.807, 2.05) is 31.6 Å². The van der Waals surface area contributed by atoms with Crippen LogP contribution in [0.15, 0.2) is 30.6 Å². The molecule has 0 saturated carbocycles. The van der Waals surface area contributed by atoms with Gasteiger partial charge in [0.15, 0.2) is 11.5 Å². The third-order valence-corrected chi connectivity index (χ3v) is 6.00. The number of rotatable bonds is 3. The minimum atomic E-state index is -0.0381. The van der Waals surface area contributed by atoms with Crippen LogP contribution in [-0.2, 0) is 11.8 Å². The molecule has 28 heavy (non-hydrogen) atoms. The van der Waals surface area contributed by atoms with Crippen molar-refractivity contribution in [2.45, 2.75) is 24.8 Å². The molecule has 3 atom stereocenters. The zero-order valence-corrected chi connectivity index (χ0v) is 16.7. The lowest BCUT2D eigenvalue weighted by Crippen LogP contribution is -2.38. The second kappa shape index (κ2) is 7.64. The normalized spacial score (nSPS) is 25.8. The number of halogens is 1. The zero-order chi connectivity index (χ0) is 18.4. The molecule has 2 fully saturated rings. The van der Waals surface area contributed by atoms with E-state index in [-0.39, 0.29) is 43.0 Å². The third kappa shape index (κ3) is 3.22. The number of benzene rings is 1. The number of carbonyl (C=O) groups is 1. The summed E-state index contributed by atoms with van der Waals surface area (Å²) in [5.41, 5.74) is 2.27. The first-order valence-corrected chi connectivity index (χ1v) is 9.60. The summed E-state index contributed by atoms with van der Waals surface area (Å²) in [6.45, 7) is 2.63. The second-order valence-electron chi connectivity index (χ2n) is 7.62. The van der Waals surface area contributed by atoms with Crippen LogP contribution >= 0.6 is 12.4 Å². The summed E-state index contributed by atoms with van der Waals surface area (Å²) in [4.78, 5) is 15.5. The van der Waals surface area contributed by atoms with Crippen LogP contribution in [0.4, 0.5) is 0 Å². The number of nitrogens with zero attached hydrogens (tertiary/aromatic N) is 3. The van der Waals surface area contributed by atoms with E-state index in [0.29, 0.717) is 0 Å². The average Bonchev–Trinajstić information content (AvgIpc) is 3.45. The number of hydrogen-bond donors (Lipinski definition) is 1. The highest BCUT2D eigenvalue weighted by Crippen LogP contribution is 2.40. The number of fused-ring (bicyclic) bond motifs is 1. The van der Waals surface area contributed by atoms with Gasteiger partial charge in [0.05, 0.1) is 18.2 Å². The number of hydrogen-bond acceptors (Lipinski definition) is 5. The third-order valence-electron chi connectivity index (χ3n) is 6.00. The maximum absolute atomic E-state index is 13.5. The molecule has 0 spiro atoms. The van der Waals surface area contributed by atoms with E-state index in [0.717, 1.165) is 55.1 Å².